The molecule has 1 N–H and O–H groups in total. The smallest absolute Gasteiger partial charge is 0.148 e. The molecule has 15 heavy (non-hydrogen) atoms. The van der Waals surface area contributed by atoms with Crippen molar-refractivity contribution in [2.45, 2.75) is 12.8 Å². The van der Waals surface area contributed by atoms with Crippen LogP contribution in [0, 0.1) is 5.92 Å². The highest BCUT2D eigenvalue weighted by atomic mass is 32.2. The van der Waals surface area contributed by atoms with Gasteiger partial charge >= 0.3 is 0 Å². The average molecular weight is 234 g/mol. The Kier molecular flexibility index (Phi) is 5.02. The van der Waals surface area contributed by atoms with Crippen LogP contribution in [0.4, 0.5) is 0 Å². The molecule has 1 saturated heterocycles. The zero-order valence-electron chi connectivity index (χ0n) is 9.70. The first-order valence-corrected chi connectivity index (χ1v) is 7.60. The van der Waals surface area contributed by atoms with Gasteiger partial charge in [-0.2, -0.15) is 0 Å². The molecule has 1 heterocycles. The van der Waals surface area contributed by atoms with Gasteiger partial charge in [0.05, 0.1) is 5.75 Å². The largest absolute Gasteiger partial charge is 0.317 e. The molecule has 0 radical (unpaired) electrons. The normalized spacial score (nSPS) is 19.7. The molecular formula is C10H22N2O2S. The monoisotopic (exact) mass is 234 g/mol. The Morgan fingerprint density at radius 1 is 1.33 bits per heavy atom. The van der Waals surface area contributed by atoms with Crippen LogP contribution in [0.5, 0.6) is 0 Å². The summed E-state index contributed by atoms with van der Waals surface area (Å²) in [6.07, 6.45) is 3.72. The molecule has 0 saturated carbocycles. The third-order valence-electron chi connectivity index (χ3n) is 2.87. The molecule has 0 bridgehead atoms. The minimum Gasteiger partial charge on any atom is -0.317 e. The van der Waals surface area contributed by atoms with E-state index in [9.17, 15) is 8.42 Å². The van der Waals surface area contributed by atoms with Crippen molar-refractivity contribution in [3.63, 3.8) is 0 Å². The van der Waals surface area contributed by atoms with Crippen molar-refractivity contribution < 1.29 is 8.42 Å². The fourth-order valence-corrected chi connectivity index (χ4v) is 2.56. The second kappa shape index (κ2) is 5.82. The Morgan fingerprint density at radius 3 is 2.47 bits per heavy atom. The van der Waals surface area contributed by atoms with Gasteiger partial charge in [-0.15, -0.1) is 0 Å². The Bertz CT molecular complexity index is 271. The summed E-state index contributed by atoms with van der Waals surface area (Å²) in [6, 6.07) is 0. The second-order valence-corrected chi connectivity index (χ2v) is 6.85. The van der Waals surface area contributed by atoms with E-state index >= 15 is 0 Å². The molecule has 0 spiro atoms. The second-order valence-electron chi connectivity index (χ2n) is 4.59. The van der Waals surface area contributed by atoms with Crippen LogP contribution in [0.25, 0.3) is 0 Å². The van der Waals surface area contributed by atoms with E-state index in [0.29, 0.717) is 6.54 Å². The van der Waals surface area contributed by atoms with E-state index in [2.05, 4.69) is 10.2 Å². The van der Waals surface area contributed by atoms with Crippen LogP contribution in [-0.4, -0.2) is 58.6 Å². The van der Waals surface area contributed by atoms with Crippen LogP contribution in [-0.2, 0) is 9.84 Å². The Labute approximate surface area is 93.0 Å². The molecule has 1 fully saturated rings. The van der Waals surface area contributed by atoms with Gasteiger partial charge in [-0.3, -0.25) is 0 Å². The lowest BCUT2D eigenvalue weighted by Gasteiger charge is -2.27. The van der Waals surface area contributed by atoms with Gasteiger partial charge in [0.1, 0.15) is 9.84 Å². The summed E-state index contributed by atoms with van der Waals surface area (Å²) in [4.78, 5) is 2.14. The van der Waals surface area contributed by atoms with E-state index in [4.69, 9.17) is 0 Å². The minimum absolute atomic E-state index is 0.272. The molecule has 0 amide bonds. The first-order chi connectivity index (χ1) is 6.97. The highest BCUT2D eigenvalue weighted by Crippen LogP contribution is 2.12. The number of rotatable bonds is 5. The predicted molar refractivity (Wildman–Crippen MR) is 62.8 cm³/mol. The molecule has 5 heteroatoms. The molecule has 90 valence electrons. The van der Waals surface area contributed by atoms with Gasteiger partial charge in [-0.05, 0) is 38.9 Å². The lowest BCUT2D eigenvalue weighted by molar-refractivity contribution is 0.249. The third-order valence-corrected chi connectivity index (χ3v) is 3.80. The summed E-state index contributed by atoms with van der Waals surface area (Å²) in [5, 5.41) is 3.33. The highest BCUT2D eigenvalue weighted by molar-refractivity contribution is 7.90. The van der Waals surface area contributed by atoms with Crippen molar-refractivity contribution in [1.82, 2.24) is 10.2 Å². The van der Waals surface area contributed by atoms with Crippen LogP contribution in [0.15, 0.2) is 0 Å². The van der Waals surface area contributed by atoms with Crippen LogP contribution in [0.3, 0.4) is 0 Å². The van der Waals surface area contributed by atoms with Gasteiger partial charge in [0.25, 0.3) is 0 Å². The van der Waals surface area contributed by atoms with E-state index in [1.807, 2.05) is 7.05 Å². The molecule has 1 aliphatic rings. The molecule has 0 aromatic heterocycles. The standard InChI is InChI=1S/C10H22N2O2S/c1-12(7-8-15(2,13)14)9-10-3-5-11-6-4-10/h10-11H,3-9H2,1-2H3. The summed E-state index contributed by atoms with van der Waals surface area (Å²) >= 11 is 0. The third kappa shape index (κ3) is 6.12. The van der Waals surface area contributed by atoms with Gasteiger partial charge in [0.2, 0.25) is 0 Å². The Morgan fingerprint density at radius 2 is 1.93 bits per heavy atom. The van der Waals surface area contributed by atoms with E-state index in [0.717, 1.165) is 25.6 Å². The maximum atomic E-state index is 11.0. The SMILES string of the molecule is CN(CCS(C)(=O)=O)CC1CCNCC1. The van der Waals surface area contributed by atoms with E-state index in [1.165, 1.54) is 19.1 Å². The molecule has 0 aliphatic carbocycles. The van der Waals surface area contributed by atoms with Gasteiger partial charge in [-0.1, -0.05) is 0 Å². The number of sulfone groups is 1. The summed E-state index contributed by atoms with van der Waals surface area (Å²) in [5.41, 5.74) is 0. The molecule has 1 rings (SSSR count). The van der Waals surface area contributed by atoms with E-state index in [-0.39, 0.29) is 5.75 Å². The van der Waals surface area contributed by atoms with E-state index in [1.54, 1.807) is 0 Å². The van der Waals surface area contributed by atoms with Crippen molar-refractivity contribution in [3.8, 4) is 0 Å². The number of hydrogen-bond donors (Lipinski definition) is 1. The van der Waals surface area contributed by atoms with Gasteiger partial charge in [0, 0.05) is 19.3 Å². The maximum absolute atomic E-state index is 11.0. The fourth-order valence-electron chi connectivity index (χ4n) is 1.92. The molecule has 4 nitrogen and oxygen atoms in total. The van der Waals surface area contributed by atoms with Gasteiger partial charge in [-0.25, -0.2) is 8.42 Å². The number of piperidine rings is 1. The average Bonchev–Trinajstić information content (AvgIpc) is 2.15. The number of hydrogen-bond acceptors (Lipinski definition) is 4. The Balaban J connectivity index is 2.20. The quantitative estimate of drug-likeness (QED) is 0.725. The highest BCUT2D eigenvalue weighted by Gasteiger charge is 2.15. The topological polar surface area (TPSA) is 49.4 Å². The lowest BCUT2D eigenvalue weighted by atomic mass is 9.98. The zero-order valence-corrected chi connectivity index (χ0v) is 10.5. The van der Waals surface area contributed by atoms with E-state index < -0.39 is 9.84 Å². The molecular weight excluding hydrogens is 212 g/mol. The fraction of sp³-hybridized carbons (Fsp3) is 1.00. The van der Waals surface area contributed by atoms with Crippen molar-refractivity contribution in [2.75, 3.05) is 45.2 Å². The molecule has 0 unspecified atom stereocenters. The molecule has 0 aromatic carbocycles. The molecule has 0 atom stereocenters. The summed E-state index contributed by atoms with van der Waals surface area (Å²) in [7, 11) is -0.807. The predicted octanol–water partition coefficient (Wildman–Crippen LogP) is -0.0376. The van der Waals surface area contributed by atoms with Gasteiger partial charge < -0.3 is 10.2 Å². The summed E-state index contributed by atoms with van der Waals surface area (Å²) in [5.74, 6) is 1.00. The van der Waals surface area contributed by atoms with Crippen molar-refractivity contribution in [1.29, 1.82) is 0 Å². The number of nitrogens with one attached hydrogen (secondary N) is 1. The number of nitrogens with zero attached hydrogens (tertiary/aromatic N) is 1. The van der Waals surface area contributed by atoms with Crippen LogP contribution >= 0.6 is 0 Å². The zero-order chi connectivity index (χ0) is 11.3. The first-order valence-electron chi connectivity index (χ1n) is 5.54. The Hall–Kier alpha value is -0.130. The maximum Gasteiger partial charge on any atom is 0.148 e. The minimum atomic E-state index is -2.81. The van der Waals surface area contributed by atoms with Crippen LogP contribution in [0.1, 0.15) is 12.8 Å². The van der Waals surface area contributed by atoms with Crippen molar-refractivity contribution in [2.24, 2.45) is 5.92 Å². The molecule has 1 aliphatic heterocycles. The van der Waals surface area contributed by atoms with Crippen LogP contribution in [0.2, 0.25) is 0 Å². The van der Waals surface area contributed by atoms with Crippen LogP contribution < -0.4 is 5.32 Å². The summed E-state index contributed by atoms with van der Waals surface area (Å²) in [6.45, 7) is 3.88. The summed E-state index contributed by atoms with van der Waals surface area (Å²) < 4.78 is 22.0. The van der Waals surface area contributed by atoms with Gasteiger partial charge in [0.15, 0.2) is 0 Å². The van der Waals surface area contributed by atoms with Crippen molar-refractivity contribution in [3.05, 3.63) is 0 Å². The lowest BCUT2D eigenvalue weighted by Crippen LogP contribution is -2.36. The molecule has 0 aromatic rings. The first kappa shape index (κ1) is 12.9. The van der Waals surface area contributed by atoms with Crippen molar-refractivity contribution >= 4 is 9.84 Å².